The topological polar surface area (TPSA) is 103 Å². The van der Waals surface area contributed by atoms with Gasteiger partial charge in [0.15, 0.2) is 11.2 Å². The zero-order valence-electron chi connectivity index (χ0n) is 17.2. The van der Waals surface area contributed by atoms with Crippen molar-refractivity contribution in [3.8, 4) is 0 Å². The Bertz CT molecular complexity index is 1260. The van der Waals surface area contributed by atoms with Gasteiger partial charge >= 0.3 is 5.69 Å². The molecule has 30 heavy (non-hydrogen) atoms. The number of hydrogen-bond donors (Lipinski definition) is 2. The Morgan fingerprint density at radius 2 is 1.93 bits per heavy atom. The molecule has 0 fully saturated rings. The summed E-state index contributed by atoms with van der Waals surface area (Å²) in [6, 6.07) is 7.79. The highest BCUT2D eigenvalue weighted by Crippen LogP contribution is 2.31. The summed E-state index contributed by atoms with van der Waals surface area (Å²) in [5.74, 6) is -0.286. The van der Waals surface area contributed by atoms with E-state index in [1.54, 1.807) is 7.05 Å². The smallest absolute Gasteiger partial charge is 0.332 e. The molecule has 1 unspecified atom stereocenters. The van der Waals surface area contributed by atoms with Gasteiger partial charge in [-0.3, -0.25) is 18.7 Å². The first-order valence-corrected chi connectivity index (χ1v) is 9.72. The number of hydrogen-bond acceptors (Lipinski definition) is 5. The van der Waals surface area contributed by atoms with Gasteiger partial charge in [0.25, 0.3) is 5.56 Å². The second kappa shape index (κ2) is 7.33. The van der Waals surface area contributed by atoms with Gasteiger partial charge in [0, 0.05) is 31.7 Å². The van der Waals surface area contributed by atoms with Crippen LogP contribution in [0.4, 0.5) is 5.69 Å². The lowest BCUT2D eigenvalue weighted by Gasteiger charge is -2.30. The van der Waals surface area contributed by atoms with Gasteiger partial charge in [-0.1, -0.05) is 25.1 Å². The standard InChI is InChI=1S/C21H24N6O3/c1-21(8-10-22-11-9-21)14-4-6-15(7-5-14)24-16(28)12-27-13-23-18-17(27)19(29)26(3)20(30)25(18)2/h4-8,10,13,22H,9,11-12H2,1-3H3,(H,24,28). The number of anilines is 1. The first-order valence-electron chi connectivity index (χ1n) is 9.72. The lowest BCUT2D eigenvalue weighted by molar-refractivity contribution is -0.116. The molecule has 3 heterocycles. The molecule has 1 aliphatic rings. The molecule has 0 saturated carbocycles. The Kier molecular flexibility index (Phi) is 4.81. The van der Waals surface area contributed by atoms with Crippen LogP contribution < -0.4 is 21.9 Å². The molecule has 0 aliphatic carbocycles. The maximum Gasteiger partial charge on any atom is 0.332 e. The zero-order chi connectivity index (χ0) is 21.5. The average molecular weight is 408 g/mol. The van der Waals surface area contributed by atoms with Crippen molar-refractivity contribution in [1.82, 2.24) is 24.0 Å². The first kappa shape index (κ1) is 19.7. The Balaban J connectivity index is 1.53. The number of rotatable bonds is 4. The van der Waals surface area contributed by atoms with E-state index < -0.39 is 11.2 Å². The third kappa shape index (κ3) is 3.32. The van der Waals surface area contributed by atoms with Crippen LogP contribution in [0, 0.1) is 0 Å². The second-order valence-corrected chi connectivity index (χ2v) is 7.83. The lowest BCUT2D eigenvalue weighted by atomic mass is 9.78. The van der Waals surface area contributed by atoms with E-state index in [0.29, 0.717) is 5.69 Å². The number of amides is 1. The molecule has 0 spiro atoms. The van der Waals surface area contributed by atoms with E-state index in [1.165, 1.54) is 28.1 Å². The van der Waals surface area contributed by atoms with Gasteiger partial charge in [-0.2, -0.15) is 0 Å². The fourth-order valence-corrected chi connectivity index (χ4v) is 3.79. The molecule has 156 valence electrons. The molecule has 2 aromatic heterocycles. The Labute approximate surface area is 172 Å². The number of carbonyl (C=O) groups is 1. The minimum Gasteiger partial charge on any atom is -0.391 e. The fraction of sp³-hybridized carbons (Fsp3) is 0.333. The maximum atomic E-state index is 12.6. The van der Waals surface area contributed by atoms with Crippen LogP contribution in [-0.4, -0.2) is 31.1 Å². The highest BCUT2D eigenvalue weighted by molar-refractivity contribution is 5.91. The molecule has 9 heteroatoms. The Morgan fingerprint density at radius 1 is 1.20 bits per heavy atom. The fourth-order valence-electron chi connectivity index (χ4n) is 3.79. The summed E-state index contributed by atoms with van der Waals surface area (Å²) in [7, 11) is 2.95. The normalized spacial score (nSPS) is 18.4. The average Bonchev–Trinajstić information content (AvgIpc) is 3.15. The van der Waals surface area contributed by atoms with E-state index in [0.717, 1.165) is 17.5 Å². The summed E-state index contributed by atoms with van der Waals surface area (Å²) < 4.78 is 3.76. The van der Waals surface area contributed by atoms with Crippen LogP contribution in [0.5, 0.6) is 0 Å². The van der Waals surface area contributed by atoms with E-state index in [1.807, 2.05) is 30.5 Å². The van der Waals surface area contributed by atoms with E-state index in [4.69, 9.17) is 0 Å². The second-order valence-electron chi connectivity index (χ2n) is 7.83. The van der Waals surface area contributed by atoms with Crippen molar-refractivity contribution in [2.24, 2.45) is 14.1 Å². The van der Waals surface area contributed by atoms with Crippen molar-refractivity contribution >= 4 is 22.8 Å². The van der Waals surface area contributed by atoms with Gasteiger partial charge in [-0.05, 0) is 30.3 Å². The molecule has 0 saturated heterocycles. The van der Waals surface area contributed by atoms with Crippen molar-refractivity contribution in [3.63, 3.8) is 0 Å². The molecule has 1 atom stereocenters. The summed E-state index contributed by atoms with van der Waals surface area (Å²) >= 11 is 0. The van der Waals surface area contributed by atoms with E-state index in [9.17, 15) is 14.4 Å². The molecule has 0 bridgehead atoms. The zero-order valence-corrected chi connectivity index (χ0v) is 17.2. The number of benzene rings is 1. The number of fused-ring (bicyclic) bond motifs is 1. The number of imidazole rings is 1. The quantitative estimate of drug-likeness (QED) is 0.666. The molecule has 1 amide bonds. The van der Waals surface area contributed by atoms with Crippen molar-refractivity contribution in [2.45, 2.75) is 25.3 Å². The van der Waals surface area contributed by atoms with Crippen molar-refractivity contribution in [1.29, 1.82) is 0 Å². The van der Waals surface area contributed by atoms with E-state index in [-0.39, 0.29) is 29.0 Å². The minimum atomic E-state index is -0.481. The maximum absolute atomic E-state index is 12.6. The molecule has 4 rings (SSSR count). The first-order chi connectivity index (χ1) is 14.3. The summed E-state index contributed by atoms with van der Waals surface area (Å²) in [5.41, 5.74) is 1.36. The van der Waals surface area contributed by atoms with Crippen LogP contribution >= 0.6 is 0 Å². The molecule has 9 nitrogen and oxygen atoms in total. The molecule has 0 radical (unpaired) electrons. The highest BCUT2D eigenvalue weighted by Gasteiger charge is 2.25. The van der Waals surface area contributed by atoms with Crippen LogP contribution in [0.3, 0.4) is 0 Å². The predicted molar refractivity (Wildman–Crippen MR) is 114 cm³/mol. The van der Waals surface area contributed by atoms with E-state index >= 15 is 0 Å². The molecular formula is C21H24N6O3. The molecule has 1 aromatic carbocycles. The molecular weight excluding hydrogens is 384 g/mol. The number of carbonyl (C=O) groups excluding carboxylic acids is 1. The minimum absolute atomic E-state index is 0.0283. The van der Waals surface area contributed by atoms with Crippen LogP contribution in [0.15, 0.2) is 52.5 Å². The van der Waals surface area contributed by atoms with Crippen LogP contribution in [-0.2, 0) is 30.8 Å². The van der Waals surface area contributed by atoms with Crippen LogP contribution in [0.2, 0.25) is 0 Å². The van der Waals surface area contributed by atoms with Crippen LogP contribution in [0.25, 0.3) is 11.2 Å². The van der Waals surface area contributed by atoms with Gasteiger partial charge in [0.2, 0.25) is 5.91 Å². The third-order valence-electron chi connectivity index (χ3n) is 5.72. The number of nitrogens with zero attached hydrogens (tertiary/aromatic N) is 4. The number of aryl methyl sites for hydroxylation is 1. The third-order valence-corrected chi connectivity index (χ3v) is 5.72. The van der Waals surface area contributed by atoms with Crippen molar-refractivity contribution in [2.75, 3.05) is 11.9 Å². The molecule has 3 aromatic rings. The number of allylic oxidation sites excluding steroid dienone is 1. The van der Waals surface area contributed by atoms with Crippen LogP contribution in [0.1, 0.15) is 18.9 Å². The number of nitrogens with one attached hydrogen (secondary N) is 2. The van der Waals surface area contributed by atoms with Gasteiger partial charge in [-0.15, -0.1) is 0 Å². The van der Waals surface area contributed by atoms with Gasteiger partial charge < -0.3 is 15.2 Å². The summed E-state index contributed by atoms with van der Waals surface area (Å²) in [4.78, 5) is 41.2. The largest absolute Gasteiger partial charge is 0.391 e. The lowest BCUT2D eigenvalue weighted by Crippen LogP contribution is -2.37. The summed E-state index contributed by atoms with van der Waals surface area (Å²) in [6.45, 7) is 3.03. The Morgan fingerprint density at radius 3 is 2.60 bits per heavy atom. The monoisotopic (exact) mass is 408 g/mol. The van der Waals surface area contributed by atoms with Gasteiger partial charge in [0.1, 0.15) is 6.54 Å². The van der Waals surface area contributed by atoms with Crippen molar-refractivity contribution in [3.05, 3.63) is 69.3 Å². The number of aromatic nitrogens is 4. The van der Waals surface area contributed by atoms with E-state index in [2.05, 4.69) is 28.6 Å². The van der Waals surface area contributed by atoms with Gasteiger partial charge in [0.05, 0.1) is 6.33 Å². The highest BCUT2D eigenvalue weighted by atomic mass is 16.2. The molecule has 1 aliphatic heterocycles. The predicted octanol–water partition coefficient (Wildman–Crippen LogP) is 0.837. The molecule has 2 N–H and O–H groups in total. The van der Waals surface area contributed by atoms with Crippen molar-refractivity contribution < 1.29 is 4.79 Å². The van der Waals surface area contributed by atoms with Gasteiger partial charge in [-0.25, -0.2) is 9.78 Å². The SMILES string of the molecule is Cn1c(=O)c2c(ncn2CC(=O)Nc2ccc(C3(C)C=CNCC3)cc2)n(C)c1=O. The summed E-state index contributed by atoms with van der Waals surface area (Å²) in [5, 5.41) is 6.06. The summed E-state index contributed by atoms with van der Waals surface area (Å²) in [6.07, 6.45) is 6.54. The Hall–Kier alpha value is -3.62.